The lowest BCUT2D eigenvalue weighted by molar-refractivity contribution is -0.189. The lowest BCUT2D eigenvalue weighted by Crippen LogP contribution is -2.27. The van der Waals surface area contributed by atoms with Gasteiger partial charge in [-0.2, -0.15) is 18.4 Å². The third kappa shape index (κ3) is 4.61. The van der Waals surface area contributed by atoms with Gasteiger partial charge in [-0.25, -0.2) is 4.79 Å². The molecule has 24 heavy (non-hydrogen) atoms. The molecular weight excluding hydrogens is 343 g/mol. The van der Waals surface area contributed by atoms with Crippen LogP contribution in [-0.4, -0.2) is 12.1 Å². The van der Waals surface area contributed by atoms with Crippen molar-refractivity contribution in [1.29, 1.82) is 5.26 Å². The number of hydrogen-bond donors (Lipinski definition) is 0. The van der Waals surface area contributed by atoms with E-state index in [0.717, 1.165) is 0 Å². The van der Waals surface area contributed by atoms with Gasteiger partial charge in [-0.3, -0.25) is 0 Å². The predicted molar refractivity (Wildman–Crippen MR) is 83.1 cm³/mol. The molecule has 0 saturated heterocycles. The Kier molecular flexibility index (Phi) is 5.27. The van der Waals surface area contributed by atoms with E-state index in [1.807, 2.05) is 6.07 Å². The second kappa shape index (κ2) is 7.20. The first-order valence-electron chi connectivity index (χ1n) is 6.56. The molecule has 0 amide bonds. The highest BCUT2D eigenvalue weighted by molar-refractivity contribution is 6.30. The molecule has 0 aliphatic rings. The average molecular weight is 352 g/mol. The van der Waals surface area contributed by atoms with Gasteiger partial charge in [0.15, 0.2) is 0 Å². The number of benzene rings is 2. The first-order chi connectivity index (χ1) is 11.3. The van der Waals surface area contributed by atoms with E-state index in [2.05, 4.69) is 4.74 Å². The molecule has 2 aromatic carbocycles. The maximum absolute atomic E-state index is 12.2. The fourth-order valence-corrected chi connectivity index (χ4v) is 2.03. The summed E-state index contributed by atoms with van der Waals surface area (Å²) in [6, 6.07) is 14.0. The number of carbonyl (C=O) groups excluding carboxylic acids is 1. The van der Waals surface area contributed by atoms with E-state index in [4.69, 9.17) is 11.6 Å². The highest BCUT2D eigenvalue weighted by Gasteiger charge is 2.41. The zero-order chi connectivity index (χ0) is 17.7. The van der Waals surface area contributed by atoms with Crippen molar-refractivity contribution in [3.63, 3.8) is 0 Å². The molecule has 2 rings (SSSR count). The Balaban J connectivity index is 2.31. The number of allylic oxidation sites excluding steroid dienone is 1. The Morgan fingerprint density at radius 3 is 2.50 bits per heavy atom. The summed E-state index contributed by atoms with van der Waals surface area (Å²) in [4.78, 5) is 10.9. The van der Waals surface area contributed by atoms with E-state index in [9.17, 15) is 23.2 Å². The zero-order valence-electron chi connectivity index (χ0n) is 12.0. The number of alkyl halides is 3. The molecule has 0 unspecified atom stereocenters. The van der Waals surface area contributed by atoms with Crippen molar-refractivity contribution in [3.8, 4) is 11.8 Å². The van der Waals surface area contributed by atoms with Gasteiger partial charge in [-0.1, -0.05) is 35.9 Å². The molecule has 0 fully saturated rings. The first-order valence-corrected chi connectivity index (χ1v) is 6.94. The summed E-state index contributed by atoms with van der Waals surface area (Å²) in [5.41, 5.74) is 1.22. The number of esters is 1. The molecule has 0 atom stereocenters. The second-order valence-electron chi connectivity index (χ2n) is 4.64. The van der Waals surface area contributed by atoms with E-state index in [1.165, 1.54) is 24.3 Å². The minimum atomic E-state index is -5.08. The Hall–Kier alpha value is -2.78. The van der Waals surface area contributed by atoms with Gasteiger partial charge < -0.3 is 4.74 Å². The molecule has 0 heterocycles. The highest BCUT2D eigenvalue weighted by atomic mass is 35.5. The highest BCUT2D eigenvalue weighted by Crippen LogP contribution is 2.24. The molecule has 7 heteroatoms. The molecule has 0 aliphatic heterocycles. The summed E-state index contributed by atoms with van der Waals surface area (Å²) in [5.74, 6) is -2.58. The topological polar surface area (TPSA) is 50.1 Å². The molecule has 0 saturated carbocycles. The molecule has 2 aromatic rings. The van der Waals surface area contributed by atoms with Crippen LogP contribution < -0.4 is 4.74 Å². The maximum atomic E-state index is 12.2. The van der Waals surface area contributed by atoms with Crippen molar-refractivity contribution in [3.05, 3.63) is 64.7 Å². The fraction of sp³-hybridized carbons (Fsp3) is 0.0588. The minimum Gasteiger partial charge on any atom is -0.420 e. The number of carbonyl (C=O) groups is 1. The van der Waals surface area contributed by atoms with Crippen molar-refractivity contribution >= 4 is 29.2 Å². The summed E-state index contributed by atoms with van der Waals surface area (Å²) in [7, 11) is 0. The van der Waals surface area contributed by atoms with Gasteiger partial charge in [0.05, 0.1) is 11.6 Å². The lowest BCUT2D eigenvalue weighted by Gasteiger charge is -2.07. The SMILES string of the molecule is N#C/C(=C/c1cccc(OC(=O)C(F)(F)F)c1)c1cccc(Cl)c1. The van der Waals surface area contributed by atoms with Crippen molar-refractivity contribution in [2.75, 3.05) is 0 Å². The van der Waals surface area contributed by atoms with E-state index in [-0.39, 0.29) is 11.3 Å². The van der Waals surface area contributed by atoms with Gasteiger partial charge in [0.2, 0.25) is 0 Å². The number of hydrogen-bond acceptors (Lipinski definition) is 3. The Morgan fingerprint density at radius 2 is 1.88 bits per heavy atom. The van der Waals surface area contributed by atoms with Crippen molar-refractivity contribution in [1.82, 2.24) is 0 Å². The van der Waals surface area contributed by atoms with Crippen LogP contribution in [0.5, 0.6) is 5.75 Å². The summed E-state index contributed by atoms with van der Waals surface area (Å²) in [5, 5.41) is 9.70. The predicted octanol–water partition coefficient (Wildman–Crippen LogP) is 4.87. The van der Waals surface area contributed by atoms with Gasteiger partial charge in [0.25, 0.3) is 0 Å². The largest absolute Gasteiger partial charge is 0.491 e. The summed E-state index contributed by atoms with van der Waals surface area (Å²) >= 11 is 5.87. The summed E-state index contributed by atoms with van der Waals surface area (Å²) in [6.07, 6.45) is -3.62. The molecule has 0 aromatic heterocycles. The molecule has 0 spiro atoms. The Morgan fingerprint density at radius 1 is 1.17 bits per heavy atom. The quantitative estimate of drug-likeness (QED) is 0.343. The number of nitriles is 1. The third-order valence-electron chi connectivity index (χ3n) is 2.87. The molecule has 3 nitrogen and oxygen atoms in total. The van der Waals surface area contributed by atoms with Gasteiger partial charge >= 0.3 is 12.1 Å². The van der Waals surface area contributed by atoms with Crippen LogP contribution >= 0.6 is 11.6 Å². The smallest absolute Gasteiger partial charge is 0.420 e. The van der Waals surface area contributed by atoms with Gasteiger partial charge in [0, 0.05) is 5.02 Å². The molecule has 0 radical (unpaired) electrons. The first kappa shape index (κ1) is 17.6. The molecular formula is C17H9ClF3NO2. The van der Waals surface area contributed by atoms with Crippen LogP contribution in [0.1, 0.15) is 11.1 Å². The summed E-state index contributed by atoms with van der Waals surface area (Å²) in [6.45, 7) is 0. The summed E-state index contributed by atoms with van der Waals surface area (Å²) < 4.78 is 40.9. The Bertz CT molecular complexity index is 838. The van der Waals surface area contributed by atoms with Crippen LogP contribution in [0, 0.1) is 11.3 Å². The van der Waals surface area contributed by atoms with Crippen LogP contribution in [0.2, 0.25) is 5.02 Å². The van der Waals surface area contributed by atoms with Gasteiger partial charge in [0.1, 0.15) is 5.75 Å². The minimum absolute atomic E-state index is 0.261. The van der Waals surface area contributed by atoms with Crippen LogP contribution in [0.25, 0.3) is 11.6 Å². The van der Waals surface area contributed by atoms with Crippen LogP contribution in [-0.2, 0) is 4.79 Å². The van der Waals surface area contributed by atoms with Crippen LogP contribution in [0.3, 0.4) is 0 Å². The lowest BCUT2D eigenvalue weighted by atomic mass is 10.0. The van der Waals surface area contributed by atoms with Crippen molar-refractivity contribution in [2.24, 2.45) is 0 Å². The van der Waals surface area contributed by atoms with E-state index >= 15 is 0 Å². The number of rotatable bonds is 3. The number of nitrogens with zero attached hydrogens (tertiary/aromatic N) is 1. The fourth-order valence-electron chi connectivity index (χ4n) is 1.84. The zero-order valence-corrected chi connectivity index (χ0v) is 12.7. The van der Waals surface area contributed by atoms with Gasteiger partial charge in [-0.05, 0) is 41.5 Å². The van der Waals surface area contributed by atoms with Gasteiger partial charge in [-0.15, -0.1) is 0 Å². The third-order valence-corrected chi connectivity index (χ3v) is 3.10. The second-order valence-corrected chi connectivity index (χ2v) is 5.08. The van der Waals surface area contributed by atoms with E-state index in [1.54, 1.807) is 30.3 Å². The normalized spacial score (nSPS) is 11.7. The van der Waals surface area contributed by atoms with Crippen molar-refractivity contribution in [2.45, 2.75) is 6.18 Å². The van der Waals surface area contributed by atoms with Crippen LogP contribution in [0.15, 0.2) is 48.5 Å². The molecule has 0 N–H and O–H groups in total. The monoisotopic (exact) mass is 351 g/mol. The van der Waals surface area contributed by atoms with E-state index < -0.39 is 12.1 Å². The number of halogens is 4. The average Bonchev–Trinajstić information content (AvgIpc) is 2.52. The molecule has 0 bridgehead atoms. The van der Waals surface area contributed by atoms with Crippen molar-refractivity contribution < 1.29 is 22.7 Å². The Labute approximate surface area is 140 Å². The molecule has 122 valence electrons. The number of ether oxygens (including phenoxy) is 1. The van der Waals surface area contributed by atoms with Crippen LogP contribution in [0.4, 0.5) is 13.2 Å². The molecule has 0 aliphatic carbocycles. The standard InChI is InChI=1S/C17H9ClF3NO2/c18-14-5-2-4-12(9-14)13(10-22)7-11-3-1-6-15(8-11)24-16(23)17(19,20)21/h1-9H/b13-7-. The van der Waals surface area contributed by atoms with E-state index in [0.29, 0.717) is 16.1 Å². The maximum Gasteiger partial charge on any atom is 0.491 e.